The number of hydrogen-bond acceptors (Lipinski definition) is 4. The second kappa shape index (κ2) is 7.27. The van der Waals surface area contributed by atoms with Gasteiger partial charge in [-0.25, -0.2) is 4.98 Å². The van der Waals surface area contributed by atoms with Gasteiger partial charge in [0.2, 0.25) is 0 Å². The highest BCUT2D eigenvalue weighted by atomic mass is 16.5. The molecular weight excluding hydrogens is 262 g/mol. The summed E-state index contributed by atoms with van der Waals surface area (Å²) in [5.41, 5.74) is 6.27. The van der Waals surface area contributed by atoms with Crippen LogP contribution in [-0.4, -0.2) is 24.7 Å². The van der Waals surface area contributed by atoms with Gasteiger partial charge >= 0.3 is 0 Å². The number of fused-ring (bicyclic) bond motifs is 1. The van der Waals surface area contributed by atoms with Gasteiger partial charge in [0.05, 0.1) is 7.11 Å². The number of hydrogen-bond donors (Lipinski definition) is 2. The summed E-state index contributed by atoms with van der Waals surface area (Å²) in [5, 5.41) is 5.60. The molecule has 4 heteroatoms. The molecule has 3 N–H and O–H groups in total. The zero-order valence-corrected chi connectivity index (χ0v) is 13.1. The van der Waals surface area contributed by atoms with Crippen LogP contribution in [0.4, 0.5) is 5.82 Å². The summed E-state index contributed by atoms with van der Waals surface area (Å²) in [6.07, 6.45) is 4.03. The lowest BCUT2D eigenvalue weighted by Crippen LogP contribution is -2.36. The maximum atomic E-state index is 6.27. The van der Waals surface area contributed by atoms with Gasteiger partial charge < -0.3 is 15.8 Å². The van der Waals surface area contributed by atoms with E-state index in [1.165, 1.54) is 0 Å². The van der Waals surface area contributed by atoms with Crippen LogP contribution in [0.1, 0.15) is 26.7 Å². The second-order valence-electron chi connectivity index (χ2n) is 5.37. The maximum absolute atomic E-state index is 6.27. The summed E-state index contributed by atoms with van der Waals surface area (Å²) in [6, 6.07) is 8.14. The summed E-state index contributed by atoms with van der Waals surface area (Å²) in [4.78, 5) is 4.44. The monoisotopic (exact) mass is 287 g/mol. The number of benzene rings is 1. The number of ether oxygens (including phenoxy) is 1. The Morgan fingerprint density at radius 3 is 2.67 bits per heavy atom. The van der Waals surface area contributed by atoms with Crippen molar-refractivity contribution < 1.29 is 4.74 Å². The lowest BCUT2D eigenvalue weighted by Gasteiger charge is -2.22. The van der Waals surface area contributed by atoms with Gasteiger partial charge in [0, 0.05) is 24.2 Å². The third-order valence-electron chi connectivity index (χ3n) is 4.13. The van der Waals surface area contributed by atoms with Gasteiger partial charge in [-0.05, 0) is 35.6 Å². The predicted molar refractivity (Wildman–Crippen MR) is 88.8 cm³/mol. The SMILES string of the molecule is CCC(CC)C(N)CNc1nccc2cc(OC)ccc12. The standard InChI is InChI=1S/C17H25N3O/c1-4-12(5-2)16(18)11-20-17-15-7-6-14(21-3)10-13(15)8-9-19-17/h6-10,12,16H,4-5,11,18H2,1-3H3,(H,19,20). The van der Waals surface area contributed by atoms with Crippen molar-refractivity contribution in [3.63, 3.8) is 0 Å². The van der Waals surface area contributed by atoms with E-state index in [4.69, 9.17) is 10.5 Å². The van der Waals surface area contributed by atoms with Crippen molar-refractivity contribution in [2.75, 3.05) is 19.0 Å². The molecule has 1 atom stereocenters. The lowest BCUT2D eigenvalue weighted by molar-refractivity contribution is 0.407. The molecule has 0 bridgehead atoms. The third kappa shape index (κ3) is 3.64. The topological polar surface area (TPSA) is 60.2 Å². The Balaban J connectivity index is 2.15. The van der Waals surface area contributed by atoms with Crippen molar-refractivity contribution in [1.29, 1.82) is 0 Å². The molecule has 1 aromatic heterocycles. The first-order valence-corrected chi connectivity index (χ1v) is 7.61. The van der Waals surface area contributed by atoms with Gasteiger partial charge in [0.1, 0.15) is 11.6 Å². The molecule has 1 heterocycles. The van der Waals surface area contributed by atoms with E-state index in [-0.39, 0.29) is 6.04 Å². The minimum atomic E-state index is 0.148. The van der Waals surface area contributed by atoms with E-state index in [2.05, 4.69) is 24.1 Å². The summed E-state index contributed by atoms with van der Waals surface area (Å²) < 4.78 is 5.26. The largest absolute Gasteiger partial charge is 0.497 e. The van der Waals surface area contributed by atoms with Crippen LogP contribution in [0.2, 0.25) is 0 Å². The molecule has 1 aromatic carbocycles. The quantitative estimate of drug-likeness (QED) is 0.819. The van der Waals surface area contributed by atoms with Gasteiger partial charge in [-0.3, -0.25) is 0 Å². The predicted octanol–water partition coefficient (Wildman–Crippen LogP) is 3.42. The molecule has 0 amide bonds. The normalized spacial score (nSPS) is 12.6. The van der Waals surface area contributed by atoms with Crippen LogP contribution >= 0.6 is 0 Å². The molecule has 2 aromatic rings. The molecule has 0 aliphatic carbocycles. The average Bonchev–Trinajstić information content (AvgIpc) is 2.53. The minimum Gasteiger partial charge on any atom is -0.497 e. The first kappa shape index (κ1) is 15.6. The number of nitrogens with one attached hydrogen (secondary N) is 1. The van der Waals surface area contributed by atoms with Crippen molar-refractivity contribution in [2.24, 2.45) is 11.7 Å². The fraction of sp³-hybridized carbons (Fsp3) is 0.471. The molecule has 0 saturated carbocycles. The van der Waals surface area contributed by atoms with Crippen molar-refractivity contribution in [3.05, 3.63) is 30.5 Å². The number of rotatable bonds is 7. The van der Waals surface area contributed by atoms with Crippen molar-refractivity contribution in [1.82, 2.24) is 4.98 Å². The minimum absolute atomic E-state index is 0.148. The highest BCUT2D eigenvalue weighted by Gasteiger charge is 2.14. The van der Waals surface area contributed by atoms with Gasteiger partial charge in [-0.2, -0.15) is 0 Å². The van der Waals surface area contributed by atoms with Crippen LogP contribution in [0.25, 0.3) is 10.8 Å². The maximum Gasteiger partial charge on any atom is 0.133 e. The smallest absolute Gasteiger partial charge is 0.133 e. The van der Waals surface area contributed by atoms with Crippen molar-refractivity contribution >= 4 is 16.6 Å². The van der Waals surface area contributed by atoms with E-state index in [0.717, 1.165) is 41.7 Å². The van der Waals surface area contributed by atoms with Gasteiger partial charge in [-0.15, -0.1) is 0 Å². The lowest BCUT2D eigenvalue weighted by atomic mass is 9.95. The first-order valence-electron chi connectivity index (χ1n) is 7.61. The van der Waals surface area contributed by atoms with Crippen LogP contribution in [0.5, 0.6) is 5.75 Å². The van der Waals surface area contributed by atoms with E-state index in [9.17, 15) is 0 Å². The molecule has 2 rings (SSSR count). The summed E-state index contributed by atoms with van der Waals surface area (Å²) in [5.74, 6) is 2.29. The molecule has 0 fully saturated rings. The summed E-state index contributed by atoms with van der Waals surface area (Å²) in [7, 11) is 1.68. The molecular formula is C17H25N3O. The van der Waals surface area contributed by atoms with Crippen LogP contribution < -0.4 is 15.8 Å². The van der Waals surface area contributed by atoms with Crippen LogP contribution in [0.15, 0.2) is 30.5 Å². The molecule has 0 aliphatic rings. The number of pyridine rings is 1. The van der Waals surface area contributed by atoms with E-state index in [1.54, 1.807) is 7.11 Å². The van der Waals surface area contributed by atoms with E-state index >= 15 is 0 Å². The number of methoxy groups -OCH3 is 1. The second-order valence-corrected chi connectivity index (χ2v) is 5.37. The van der Waals surface area contributed by atoms with Gasteiger partial charge in [0.25, 0.3) is 0 Å². The molecule has 0 saturated heterocycles. The van der Waals surface area contributed by atoms with Crippen LogP contribution in [0.3, 0.4) is 0 Å². The Labute approximate surface area is 126 Å². The van der Waals surface area contributed by atoms with Crippen molar-refractivity contribution in [2.45, 2.75) is 32.7 Å². The first-order chi connectivity index (χ1) is 10.2. The number of nitrogens with two attached hydrogens (primary N) is 1. The zero-order chi connectivity index (χ0) is 15.2. The molecule has 0 aliphatic heterocycles. The summed E-state index contributed by atoms with van der Waals surface area (Å²) >= 11 is 0. The van der Waals surface area contributed by atoms with Crippen LogP contribution in [-0.2, 0) is 0 Å². The van der Waals surface area contributed by atoms with Crippen molar-refractivity contribution in [3.8, 4) is 5.75 Å². The molecule has 114 valence electrons. The highest BCUT2D eigenvalue weighted by molar-refractivity contribution is 5.92. The average molecular weight is 287 g/mol. The Morgan fingerprint density at radius 1 is 1.24 bits per heavy atom. The zero-order valence-electron chi connectivity index (χ0n) is 13.1. The molecule has 1 unspecified atom stereocenters. The van der Waals surface area contributed by atoms with E-state index < -0.39 is 0 Å². The fourth-order valence-electron chi connectivity index (χ4n) is 2.70. The number of anilines is 1. The number of nitrogens with zero attached hydrogens (tertiary/aromatic N) is 1. The summed E-state index contributed by atoms with van der Waals surface area (Å²) in [6.45, 7) is 5.12. The Bertz CT molecular complexity index is 581. The highest BCUT2D eigenvalue weighted by Crippen LogP contribution is 2.25. The van der Waals surface area contributed by atoms with Crippen LogP contribution in [0, 0.1) is 5.92 Å². The molecule has 21 heavy (non-hydrogen) atoms. The van der Waals surface area contributed by atoms with E-state index in [0.29, 0.717) is 5.92 Å². The van der Waals surface area contributed by atoms with Gasteiger partial charge in [-0.1, -0.05) is 26.7 Å². The van der Waals surface area contributed by atoms with Gasteiger partial charge in [0.15, 0.2) is 0 Å². The molecule has 0 spiro atoms. The Hall–Kier alpha value is -1.81. The fourth-order valence-corrected chi connectivity index (χ4v) is 2.70. The molecule has 4 nitrogen and oxygen atoms in total. The van der Waals surface area contributed by atoms with E-state index in [1.807, 2.05) is 30.5 Å². The Kier molecular flexibility index (Phi) is 5.39. The third-order valence-corrected chi connectivity index (χ3v) is 4.13. The Morgan fingerprint density at radius 2 is 2.00 bits per heavy atom. The molecule has 0 radical (unpaired) electrons. The number of aromatic nitrogens is 1.